The summed E-state index contributed by atoms with van der Waals surface area (Å²) in [6, 6.07) is 5.08. The maximum absolute atomic E-state index is 13.1. The standard InChI is InChI=1S/C14H18FNO2/c1-9-7-12(5-6-13(9)15)16-11-4-2-3-10(8-11)14(17)18/h5-7,10-11,16H,2-4,8H2,1H3,(H,17,18). The largest absolute Gasteiger partial charge is 0.481 e. The number of aryl methyl sites for hydroxylation is 1. The van der Waals surface area contributed by atoms with Gasteiger partial charge in [0, 0.05) is 11.7 Å². The number of rotatable bonds is 3. The molecule has 1 saturated carbocycles. The zero-order chi connectivity index (χ0) is 13.1. The Morgan fingerprint density at radius 1 is 1.44 bits per heavy atom. The third-order valence-corrected chi connectivity index (χ3v) is 3.55. The summed E-state index contributed by atoms with van der Waals surface area (Å²) in [5.74, 6) is -1.18. The van der Waals surface area contributed by atoms with Gasteiger partial charge < -0.3 is 10.4 Å². The molecule has 0 bridgehead atoms. The number of aliphatic carboxylic acids is 1. The first-order valence-electron chi connectivity index (χ1n) is 6.32. The fourth-order valence-corrected chi connectivity index (χ4v) is 2.52. The lowest BCUT2D eigenvalue weighted by Gasteiger charge is -2.28. The summed E-state index contributed by atoms with van der Waals surface area (Å²) in [6.45, 7) is 1.72. The molecular weight excluding hydrogens is 233 g/mol. The molecule has 1 aliphatic rings. The Kier molecular flexibility index (Phi) is 3.84. The first kappa shape index (κ1) is 12.9. The molecule has 3 nitrogen and oxygen atoms in total. The van der Waals surface area contributed by atoms with Gasteiger partial charge >= 0.3 is 5.97 Å². The van der Waals surface area contributed by atoms with Crippen molar-refractivity contribution >= 4 is 11.7 Å². The van der Waals surface area contributed by atoms with Crippen molar-refractivity contribution in [1.29, 1.82) is 0 Å². The van der Waals surface area contributed by atoms with Crippen LogP contribution in [0.25, 0.3) is 0 Å². The number of benzene rings is 1. The predicted molar refractivity (Wildman–Crippen MR) is 68.1 cm³/mol. The van der Waals surface area contributed by atoms with E-state index in [0.29, 0.717) is 12.0 Å². The van der Waals surface area contributed by atoms with Crippen LogP contribution < -0.4 is 5.32 Å². The van der Waals surface area contributed by atoms with E-state index < -0.39 is 5.97 Å². The van der Waals surface area contributed by atoms with Crippen LogP contribution in [0, 0.1) is 18.7 Å². The van der Waals surface area contributed by atoms with E-state index in [1.165, 1.54) is 6.07 Å². The second-order valence-corrected chi connectivity index (χ2v) is 5.01. The fourth-order valence-electron chi connectivity index (χ4n) is 2.52. The van der Waals surface area contributed by atoms with Crippen molar-refractivity contribution in [3.05, 3.63) is 29.6 Å². The van der Waals surface area contributed by atoms with Gasteiger partial charge in [0.15, 0.2) is 0 Å². The molecule has 2 N–H and O–H groups in total. The van der Waals surface area contributed by atoms with Crippen LogP contribution in [0.3, 0.4) is 0 Å². The van der Waals surface area contributed by atoms with Crippen LogP contribution in [0.2, 0.25) is 0 Å². The molecule has 0 radical (unpaired) electrons. The van der Waals surface area contributed by atoms with Crippen LogP contribution in [0.4, 0.5) is 10.1 Å². The minimum Gasteiger partial charge on any atom is -0.481 e. The summed E-state index contributed by atoms with van der Waals surface area (Å²) in [4.78, 5) is 11.0. The topological polar surface area (TPSA) is 49.3 Å². The highest BCUT2D eigenvalue weighted by molar-refractivity contribution is 5.70. The number of carbonyl (C=O) groups is 1. The Balaban J connectivity index is 2.00. The van der Waals surface area contributed by atoms with E-state index in [-0.39, 0.29) is 17.8 Å². The van der Waals surface area contributed by atoms with Crippen LogP contribution in [-0.2, 0) is 4.79 Å². The molecule has 0 aromatic heterocycles. The van der Waals surface area contributed by atoms with Crippen molar-refractivity contribution < 1.29 is 14.3 Å². The summed E-state index contributed by atoms with van der Waals surface area (Å²) < 4.78 is 13.1. The highest BCUT2D eigenvalue weighted by Crippen LogP contribution is 2.27. The first-order valence-corrected chi connectivity index (χ1v) is 6.32. The minimum absolute atomic E-state index is 0.171. The quantitative estimate of drug-likeness (QED) is 0.867. The Hall–Kier alpha value is -1.58. The summed E-state index contributed by atoms with van der Waals surface area (Å²) in [5, 5.41) is 12.3. The Morgan fingerprint density at radius 2 is 2.22 bits per heavy atom. The van der Waals surface area contributed by atoms with Gasteiger partial charge in [-0.1, -0.05) is 6.42 Å². The highest BCUT2D eigenvalue weighted by Gasteiger charge is 2.26. The molecule has 2 atom stereocenters. The van der Waals surface area contributed by atoms with Crippen LogP contribution in [-0.4, -0.2) is 17.1 Å². The molecule has 18 heavy (non-hydrogen) atoms. The second-order valence-electron chi connectivity index (χ2n) is 5.01. The van der Waals surface area contributed by atoms with E-state index in [1.807, 2.05) is 0 Å². The monoisotopic (exact) mass is 251 g/mol. The molecule has 98 valence electrons. The number of carboxylic acid groups (broad SMARTS) is 1. The average Bonchev–Trinajstić information content (AvgIpc) is 2.34. The lowest BCUT2D eigenvalue weighted by Crippen LogP contribution is -2.30. The molecular formula is C14H18FNO2. The second kappa shape index (κ2) is 5.38. The molecule has 2 unspecified atom stereocenters. The minimum atomic E-state index is -0.711. The first-order chi connectivity index (χ1) is 8.56. The molecule has 0 spiro atoms. The summed E-state index contributed by atoms with van der Waals surface area (Å²) >= 11 is 0. The molecule has 0 amide bonds. The molecule has 2 rings (SSSR count). The number of hydrogen-bond donors (Lipinski definition) is 2. The molecule has 4 heteroatoms. The molecule has 1 aromatic rings. The van der Waals surface area contributed by atoms with Gasteiger partial charge in [-0.05, 0) is 49.9 Å². The maximum Gasteiger partial charge on any atom is 0.306 e. The normalized spacial score (nSPS) is 23.7. The van der Waals surface area contributed by atoms with Crippen molar-refractivity contribution in [2.75, 3.05) is 5.32 Å². The summed E-state index contributed by atoms with van der Waals surface area (Å²) in [7, 11) is 0. The number of carboxylic acids is 1. The highest BCUT2D eigenvalue weighted by atomic mass is 19.1. The summed E-state index contributed by atoms with van der Waals surface area (Å²) in [6.07, 6.45) is 3.30. The van der Waals surface area contributed by atoms with E-state index in [2.05, 4.69) is 5.32 Å². The predicted octanol–water partition coefficient (Wildman–Crippen LogP) is 3.19. The van der Waals surface area contributed by atoms with Gasteiger partial charge in [0.25, 0.3) is 0 Å². The van der Waals surface area contributed by atoms with Gasteiger partial charge in [-0.25, -0.2) is 4.39 Å². The number of nitrogens with one attached hydrogen (secondary N) is 1. The van der Waals surface area contributed by atoms with E-state index in [0.717, 1.165) is 24.9 Å². The third-order valence-electron chi connectivity index (χ3n) is 3.55. The van der Waals surface area contributed by atoms with Crippen molar-refractivity contribution in [2.24, 2.45) is 5.92 Å². The molecule has 0 heterocycles. The van der Waals surface area contributed by atoms with E-state index in [4.69, 9.17) is 5.11 Å². The van der Waals surface area contributed by atoms with Crippen LogP contribution in [0.5, 0.6) is 0 Å². The average molecular weight is 251 g/mol. The van der Waals surface area contributed by atoms with E-state index >= 15 is 0 Å². The lowest BCUT2D eigenvalue weighted by atomic mass is 9.85. The van der Waals surface area contributed by atoms with Gasteiger partial charge in [-0.3, -0.25) is 4.79 Å². The lowest BCUT2D eigenvalue weighted by molar-refractivity contribution is -0.142. The van der Waals surface area contributed by atoms with E-state index in [9.17, 15) is 9.18 Å². The van der Waals surface area contributed by atoms with Crippen molar-refractivity contribution in [3.8, 4) is 0 Å². The van der Waals surface area contributed by atoms with Crippen LogP contribution in [0.15, 0.2) is 18.2 Å². The molecule has 1 aromatic carbocycles. The van der Waals surface area contributed by atoms with Crippen molar-refractivity contribution in [3.63, 3.8) is 0 Å². The summed E-state index contributed by atoms with van der Waals surface area (Å²) in [5.41, 5.74) is 1.47. The zero-order valence-corrected chi connectivity index (χ0v) is 10.4. The number of anilines is 1. The number of halogens is 1. The van der Waals surface area contributed by atoms with Gasteiger partial charge in [0.05, 0.1) is 5.92 Å². The molecule has 0 saturated heterocycles. The zero-order valence-electron chi connectivity index (χ0n) is 10.4. The van der Waals surface area contributed by atoms with Crippen LogP contribution >= 0.6 is 0 Å². The Labute approximate surface area is 106 Å². The Bertz CT molecular complexity index is 447. The molecule has 0 aliphatic heterocycles. The smallest absolute Gasteiger partial charge is 0.306 e. The molecule has 1 aliphatic carbocycles. The van der Waals surface area contributed by atoms with Gasteiger partial charge in [-0.2, -0.15) is 0 Å². The third kappa shape index (κ3) is 3.00. The maximum atomic E-state index is 13.1. The van der Waals surface area contributed by atoms with Crippen molar-refractivity contribution in [2.45, 2.75) is 38.6 Å². The number of hydrogen-bond acceptors (Lipinski definition) is 2. The fraction of sp³-hybridized carbons (Fsp3) is 0.500. The SMILES string of the molecule is Cc1cc(NC2CCCC(C(=O)O)C2)ccc1F. The van der Waals surface area contributed by atoms with Gasteiger partial charge in [-0.15, -0.1) is 0 Å². The molecule has 1 fully saturated rings. The van der Waals surface area contributed by atoms with E-state index in [1.54, 1.807) is 19.1 Å². The van der Waals surface area contributed by atoms with Crippen LogP contribution in [0.1, 0.15) is 31.2 Å². The van der Waals surface area contributed by atoms with Gasteiger partial charge in [0.1, 0.15) is 5.82 Å². The Morgan fingerprint density at radius 3 is 2.89 bits per heavy atom. The van der Waals surface area contributed by atoms with Crippen molar-refractivity contribution in [1.82, 2.24) is 0 Å². The van der Waals surface area contributed by atoms with Gasteiger partial charge in [0.2, 0.25) is 0 Å².